The number of rotatable bonds is 6. The molecule has 0 saturated heterocycles. The molecule has 2 amide bonds. The van der Waals surface area contributed by atoms with E-state index in [4.69, 9.17) is 5.73 Å². The molecule has 1 aromatic rings. The lowest BCUT2D eigenvalue weighted by Gasteiger charge is -2.14. The molecule has 6 heteroatoms. The number of nitrogens with one attached hydrogen (secondary N) is 1. The minimum atomic E-state index is -0.896. The highest BCUT2D eigenvalue weighted by Gasteiger charge is 2.20. The molecule has 1 atom stereocenters. The number of nitrogens with two attached hydrogens (primary N) is 1. The highest BCUT2D eigenvalue weighted by Crippen LogP contribution is 2.03. The number of hydrogen-bond donors (Lipinski definition) is 2. The van der Waals surface area contributed by atoms with Crippen LogP contribution in [0.4, 0.5) is 0 Å². The lowest BCUT2D eigenvalue weighted by atomic mass is 10.1. The van der Waals surface area contributed by atoms with E-state index in [1.54, 1.807) is 30.3 Å². The van der Waals surface area contributed by atoms with Crippen molar-refractivity contribution in [2.45, 2.75) is 18.9 Å². The number of hydrogen-bond acceptors (Lipinski definition) is 4. The summed E-state index contributed by atoms with van der Waals surface area (Å²) < 4.78 is 4.47. The van der Waals surface area contributed by atoms with Crippen molar-refractivity contribution < 1.29 is 19.1 Å². The zero-order valence-electron chi connectivity index (χ0n) is 10.6. The maximum Gasteiger partial charge on any atom is 0.305 e. The molecular weight excluding hydrogens is 248 g/mol. The van der Waals surface area contributed by atoms with E-state index < -0.39 is 23.8 Å². The fourth-order valence-corrected chi connectivity index (χ4v) is 1.48. The van der Waals surface area contributed by atoms with Gasteiger partial charge in [-0.05, 0) is 18.6 Å². The number of carbonyl (C=O) groups excluding carboxylic acids is 3. The Morgan fingerprint density at radius 3 is 2.42 bits per heavy atom. The molecule has 19 heavy (non-hydrogen) atoms. The number of primary amides is 1. The van der Waals surface area contributed by atoms with E-state index in [0.717, 1.165) is 0 Å². The predicted molar refractivity (Wildman–Crippen MR) is 68.1 cm³/mol. The largest absolute Gasteiger partial charge is 0.469 e. The molecule has 0 unspecified atom stereocenters. The summed E-state index contributed by atoms with van der Waals surface area (Å²) in [6.45, 7) is 0. The van der Waals surface area contributed by atoms with Crippen molar-refractivity contribution in [3.8, 4) is 0 Å². The molecule has 0 aliphatic rings. The van der Waals surface area contributed by atoms with E-state index >= 15 is 0 Å². The van der Waals surface area contributed by atoms with Crippen LogP contribution in [-0.2, 0) is 14.3 Å². The van der Waals surface area contributed by atoms with Crippen LogP contribution >= 0.6 is 0 Å². The summed E-state index contributed by atoms with van der Waals surface area (Å²) in [5, 5.41) is 2.49. The summed E-state index contributed by atoms with van der Waals surface area (Å²) in [5.74, 6) is -1.55. The molecule has 0 fully saturated rings. The van der Waals surface area contributed by atoms with Gasteiger partial charge in [-0.1, -0.05) is 18.2 Å². The van der Waals surface area contributed by atoms with Gasteiger partial charge in [-0.15, -0.1) is 0 Å². The zero-order chi connectivity index (χ0) is 14.3. The number of benzene rings is 1. The Morgan fingerprint density at radius 2 is 1.89 bits per heavy atom. The predicted octanol–water partition coefficient (Wildman–Crippen LogP) is 0.223. The average molecular weight is 264 g/mol. The average Bonchev–Trinajstić information content (AvgIpc) is 2.43. The van der Waals surface area contributed by atoms with Crippen molar-refractivity contribution in [1.82, 2.24) is 5.32 Å². The van der Waals surface area contributed by atoms with Gasteiger partial charge in [-0.2, -0.15) is 0 Å². The van der Waals surface area contributed by atoms with Gasteiger partial charge in [0.15, 0.2) is 0 Å². The van der Waals surface area contributed by atoms with Gasteiger partial charge in [-0.3, -0.25) is 14.4 Å². The van der Waals surface area contributed by atoms with Crippen LogP contribution in [0, 0.1) is 0 Å². The summed E-state index contributed by atoms with van der Waals surface area (Å²) in [7, 11) is 1.25. The Morgan fingerprint density at radius 1 is 1.26 bits per heavy atom. The molecule has 0 spiro atoms. The highest BCUT2D eigenvalue weighted by molar-refractivity contribution is 5.97. The second-order valence-electron chi connectivity index (χ2n) is 3.91. The van der Waals surface area contributed by atoms with Crippen LogP contribution in [0.3, 0.4) is 0 Å². The Hall–Kier alpha value is -2.37. The zero-order valence-corrected chi connectivity index (χ0v) is 10.6. The molecular formula is C13H16N2O4. The normalized spacial score (nSPS) is 11.4. The maximum atomic E-state index is 11.8. The van der Waals surface area contributed by atoms with Gasteiger partial charge in [0.1, 0.15) is 6.04 Å². The number of carbonyl (C=O) groups is 3. The summed E-state index contributed by atoms with van der Waals surface area (Å²) in [4.78, 5) is 34.1. The van der Waals surface area contributed by atoms with Crippen molar-refractivity contribution in [2.75, 3.05) is 7.11 Å². The van der Waals surface area contributed by atoms with E-state index in [1.165, 1.54) is 7.11 Å². The van der Waals surface area contributed by atoms with Crippen LogP contribution in [0.1, 0.15) is 23.2 Å². The number of ether oxygens (including phenoxy) is 1. The van der Waals surface area contributed by atoms with Crippen LogP contribution in [-0.4, -0.2) is 30.9 Å². The van der Waals surface area contributed by atoms with Crippen LogP contribution in [0.25, 0.3) is 0 Å². The van der Waals surface area contributed by atoms with Crippen LogP contribution in [0.15, 0.2) is 30.3 Å². The first kappa shape index (κ1) is 14.7. The fourth-order valence-electron chi connectivity index (χ4n) is 1.48. The molecule has 0 aliphatic carbocycles. The molecule has 0 radical (unpaired) electrons. The quantitative estimate of drug-likeness (QED) is 0.718. The van der Waals surface area contributed by atoms with E-state index in [-0.39, 0.29) is 12.8 Å². The molecule has 102 valence electrons. The molecule has 0 saturated carbocycles. The summed E-state index contributed by atoms with van der Waals surface area (Å²) in [5.41, 5.74) is 5.61. The Labute approximate surface area is 110 Å². The fraction of sp³-hybridized carbons (Fsp3) is 0.308. The summed E-state index contributed by atoms with van der Waals surface area (Å²) in [6, 6.07) is 7.54. The second kappa shape index (κ2) is 7.15. The lowest BCUT2D eigenvalue weighted by molar-refractivity contribution is -0.140. The molecule has 3 N–H and O–H groups in total. The standard InChI is InChI=1S/C13H16N2O4/c1-19-11(16)8-7-10(12(14)17)15-13(18)9-5-3-2-4-6-9/h2-6,10H,7-8H2,1H3,(H2,14,17)(H,15,18)/t10-/m1/s1. The SMILES string of the molecule is COC(=O)CC[C@@H](NC(=O)c1ccccc1)C(N)=O. The minimum Gasteiger partial charge on any atom is -0.469 e. The van der Waals surface area contributed by atoms with Crippen LogP contribution < -0.4 is 11.1 Å². The number of esters is 1. The van der Waals surface area contributed by atoms with E-state index in [1.807, 2.05) is 0 Å². The Bertz CT molecular complexity index is 459. The lowest BCUT2D eigenvalue weighted by Crippen LogP contribution is -2.44. The Kier molecular flexibility index (Phi) is 5.53. The van der Waals surface area contributed by atoms with E-state index in [2.05, 4.69) is 10.1 Å². The van der Waals surface area contributed by atoms with Crippen molar-refractivity contribution in [2.24, 2.45) is 5.73 Å². The monoisotopic (exact) mass is 264 g/mol. The van der Waals surface area contributed by atoms with Gasteiger partial charge in [0.2, 0.25) is 5.91 Å². The smallest absolute Gasteiger partial charge is 0.305 e. The third-order valence-corrected chi connectivity index (χ3v) is 2.55. The van der Waals surface area contributed by atoms with Gasteiger partial charge in [0, 0.05) is 12.0 Å². The van der Waals surface area contributed by atoms with Gasteiger partial charge in [0.25, 0.3) is 5.91 Å². The highest BCUT2D eigenvalue weighted by atomic mass is 16.5. The third kappa shape index (κ3) is 4.79. The number of amides is 2. The van der Waals surface area contributed by atoms with Crippen LogP contribution in [0.5, 0.6) is 0 Å². The molecule has 1 aromatic carbocycles. The van der Waals surface area contributed by atoms with Gasteiger partial charge in [0.05, 0.1) is 7.11 Å². The van der Waals surface area contributed by atoms with Crippen molar-refractivity contribution >= 4 is 17.8 Å². The molecule has 0 aromatic heterocycles. The summed E-state index contributed by atoms with van der Waals surface area (Å²) >= 11 is 0. The second-order valence-corrected chi connectivity index (χ2v) is 3.91. The maximum absolute atomic E-state index is 11.8. The molecule has 0 heterocycles. The van der Waals surface area contributed by atoms with Gasteiger partial charge >= 0.3 is 5.97 Å². The molecule has 1 rings (SSSR count). The van der Waals surface area contributed by atoms with E-state index in [0.29, 0.717) is 5.56 Å². The van der Waals surface area contributed by atoms with Crippen molar-refractivity contribution in [1.29, 1.82) is 0 Å². The third-order valence-electron chi connectivity index (χ3n) is 2.55. The molecule has 0 bridgehead atoms. The van der Waals surface area contributed by atoms with Crippen molar-refractivity contribution in [3.63, 3.8) is 0 Å². The minimum absolute atomic E-state index is 0.0131. The topological polar surface area (TPSA) is 98.5 Å². The Balaban J connectivity index is 2.61. The first-order valence-corrected chi connectivity index (χ1v) is 5.76. The molecule has 0 aliphatic heterocycles. The van der Waals surface area contributed by atoms with E-state index in [9.17, 15) is 14.4 Å². The first-order chi connectivity index (χ1) is 9.04. The number of methoxy groups -OCH3 is 1. The first-order valence-electron chi connectivity index (χ1n) is 5.76. The van der Waals surface area contributed by atoms with Crippen LogP contribution in [0.2, 0.25) is 0 Å². The molecule has 6 nitrogen and oxygen atoms in total. The van der Waals surface area contributed by atoms with Gasteiger partial charge < -0.3 is 15.8 Å². The summed E-state index contributed by atoms with van der Waals surface area (Å²) in [6.07, 6.45) is 0.125. The van der Waals surface area contributed by atoms with Gasteiger partial charge in [-0.25, -0.2) is 0 Å². The van der Waals surface area contributed by atoms with Crippen molar-refractivity contribution in [3.05, 3.63) is 35.9 Å².